The van der Waals surface area contributed by atoms with Crippen molar-refractivity contribution in [2.45, 2.75) is 17.1 Å². The first-order valence-corrected chi connectivity index (χ1v) is 10.2. The van der Waals surface area contributed by atoms with E-state index in [1.54, 1.807) is 36.7 Å². The molecular formula is C19H16N4O4S2. The second-order valence-electron chi connectivity index (χ2n) is 5.87. The lowest BCUT2D eigenvalue weighted by molar-refractivity contribution is -0.384. The van der Waals surface area contributed by atoms with Crippen molar-refractivity contribution >= 4 is 51.4 Å². The van der Waals surface area contributed by atoms with E-state index in [0.29, 0.717) is 16.4 Å². The van der Waals surface area contributed by atoms with E-state index in [9.17, 15) is 19.7 Å². The summed E-state index contributed by atoms with van der Waals surface area (Å²) < 4.78 is 0. The van der Waals surface area contributed by atoms with E-state index in [0.717, 1.165) is 4.90 Å². The van der Waals surface area contributed by atoms with Crippen molar-refractivity contribution in [1.29, 1.82) is 0 Å². The molecule has 29 heavy (non-hydrogen) atoms. The minimum absolute atomic E-state index is 0.0787. The van der Waals surface area contributed by atoms with Gasteiger partial charge in [0.1, 0.15) is 0 Å². The number of thioether (sulfide) groups is 1. The molecule has 0 saturated heterocycles. The topological polar surface area (TPSA) is 114 Å². The van der Waals surface area contributed by atoms with Gasteiger partial charge in [0.25, 0.3) is 11.6 Å². The van der Waals surface area contributed by atoms with Crippen molar-refractivity contribution < 1.29 is 14.5 Å². The number of nitro groups is 1. The first kappa shape index (κ1) is 20.5. The van der Waals surface area contributed by atoms with Gasteiger partial charge in [-0.05, 0) is 37.3 Å². The Kier molecular flexibility index (Phi) is 6.57. The number of amides is 2. The molecule has 1 unspecified atom stereocenters. The van der Waals surface area contributed by atoms with Crippen LogP contribution in [0.1, 0.15) is 17.3 Å². The quantitative estimate of drug-likeness (QED) is 0.327. The summed E-state index contributed by atoms with van der Waals surface area (Å²) in [7, 11) is 0. The van der Waals surface area contributed by atoms with Crippen LogP contribution in [-0.2, 0) is 4.79 Å². The van der Waals surface area contributed by atoms with Gasteiger partial charge in [-0.3, -0.25) is 19.7 Å². The molecule has 0 fully saturated rings. The molecule has 8 nitrogen and oxygen atoms in total. The minimum Gasteiger partial charge on any atom is -0.322 e. The Balaban J connectivity index is 1.62. The number of carbonyl (C=O) groups excluding carboxylic acids is 2. The molecule has 0 saturated carbocycles. The Morgan fingerprint density at radius 3 is 2.59 bits per heavy atom. The molecule has 2 amide bonds. The molecule has 1 atom stereocenters. The third kappa shape index (κ3) is 5.62. The number of anilines is 2. The largest absolute Gasteiger partial charge is 0.322 e. The monoisotopic (exact) mass is 428 g/mol. The number of hydrogen-bond acceptors (Lipinski definition) is 7. The molecule has 2 aromatic carbocycles. The Morgan fingerprint density at radius 1 is 1.17 bits per heavy atom. The number of rotatable bonds is 7. The van der Waals surface area contributed by atoms with Crippen LogP contribution in [0.25, 0.3) is 0 Å². The van der Waals surface area contributed by atoms with Crippen LogP contribution in [0, 0.1) is 10.1 Å². The van der Waals surface area contributed by atoms with Crippen molar-refractivity contribution in [3.05, 3.63) is 75.8 Å². The van der Waals surface area contributed by atoms with Gasteiger partial charge in [-0.2, -0.15) is 0 Å². The molecule has 0 bridgehead atoms. The summed E-state index contributed by atoms with van der Waals surface area (Å²) in [6.07, 6.45) is 1.62. The molecule has 0 aliphatic carbocycles. The molecule has 3 rings (SSSR count). The van der Waals surface area contributed by atoms with Gasteiger partial charge in [0, 0.05) is 39.9 Å². The Morgan fingerprint density at radius 2 is 1.93 bits per heavy atom. The molecule has 0 aliphatic rings. The second-order valence-corrected chi connectivity index (χ2v) is 8.18. The lowest BCUT2D eigenvalue weighted by Crippen LogP contribution is -2.22. The minimum atomic E-state index is -0.520. The van der Waals surface area contributed by atoms with Crippen LogP contribution in [0.15, 0.2) is 65.0 Å². The average molecular weight is 428 g/mol. The fraction of sp³-hybridized carbons (Fsp3) is 0.105. The van der Waals surface area contributed by atoms with E-state index >= 15 is 0 Å². The average Bonchev–Trinajstić information content (AvgIpc) is 3.21. The van der Waals surface area contributed by atoms with E-state index in [2.05, 4.69) is 15.6 Å². The number of hydrogen-bond donors (Lipinski definition) is 2. The van der Waals surface area contributed by atoms with Crippen molar-refractivity contribution in [2.24, 2.45) is 0 Å². The number of nitro benzene ring substituents is 1. The van der Waals surface area contributed by atoms with Gasteiger partial charge < -0.3 is 10.6 Å². The van der Waals surface area contributed by atoms with Gasteiger partial charge in [0.05, 0.1) is 10.2 Å². The third-order valence-corrected chi connectivity index (χ3v) is 5.56. The van der Waals surface area contributed by atoms with Crippen molar-refractivity contribution in [3.8, 4) is 0 Å². The van der Waals surface area contributed by atoms with Crippen LogP contribution < -0.4 is 10.6 Å². The Labute approximate surface area is 174 Å². The number of carbonyl (C=O) groups is 2. The fourth-order valence-electron chi connectivity index (χ4n) is 2.33. The van der Waals surface area contributed by atoms with E-state index in [4.69, 9.17) is 0 Å². The summed E-state index contributed by atoms with van der Waals surface area (Å²) in [4.78, 5) is 39.6. The smallest absolute Gasteiger partial charge is 0.269 e. The van der Waals surface area contributed by atoms with Crippen LogP contribution in [0.5, 0.6) is 0 Å². The molecule has 2 N–H and O–H groups in total. The van der Waals surface area contributed by atoms with Crippen LogP contribution in [-0.4, -0.2) is 27.0 Å². The highest BCUT2D eigenvalue weighted by Crippen LogP contribution is 2.27. The molecule has 0 spiro atoms. The number of nitrogens with zero attached hydrogens (tertiary/aromatic N) is 2. The predicted molar refractivity (Wildman–Crippen MR) is 114 cm³/mol. The molecule has 1 heterocycles. The van der Waals surface area contributed by atoms with Crippen LogP contribution >= 0.6 is 23.1 Å². The Bertz CT molecular complexity index is 1020. The Hall–Kier alpha value is -3.24. The maximum Gasteiger partial charge on any atom is 0.269 e. The normalized spacial score (nSPS) is 11.5. The fourth-order valence-corrected chi connectivity index (χ4v) is 3.79. The number of thiazole rings is 1. The highest BCUT2D eigenvalue weighted by Gasteiger charge is 2.16. The lowest BCUT2D eigenvalue weighted by Gasteiger charge is -2.12. The zero-order chi connectivity index (χ0) is 20.8. The zero-order valence-corrected chi connectivity index (χ0v) is 16.8. The van der Waals surface area contributed by atoms with Crippen LogP contribution in [0.2, 0.25) is 0 Å². The van der Waals surface area contributed by atoms with Gasteiger partial charge in [-0.15, -0.1) is 23.1 Å². The molecule has 10 heteroatoms. The summed E-state index contributed by atoms with van der Waals surface area (Å²) in [5.74, 6) is -0.540. The van der Waals surface area contributed by atoms with E-state index in [1.807, 2.05) is 6.07 Å². The molecule has 1 aromatic heterocycles. The molecular weight excluding hydrogens is 412 g/mol. The summed E-state index contributed by atoms with van der Waals surface area (Å²) in [5, 5.41) is 18.2. The summed E-state index contributed by atoms with van der Waals surface area (Å²) in [6.45, 7) is 1.79. The number of non-ortho nitro benzene ring substituents is 1. The molecule has 148 valence electrons. The van der Waals surface area contributed by atoms with Gasteiger partial charge in [0.15, 0.2) is 5.13 Å². The molecule has 3 aromatic rings. The van der Waals surface area contributed by atoms with Gasteiger partial charge in [0.2, 0.25) is 5.91 Å². The van der Waals surface area contributed by atoms with Crippen molar-refractivity contribution in [2.75, 3.05) is 10.6 Å². The standard InChI is InChI=1S/C19H16N4O4S2/c1-12(17(24)22-19-20-9-10-28-19)29-16-4-2-3-14(11-16)21-18(25)13-5-7-15(8-6-13)23(26)27/h2-12H,1H3,(H,21,25)(H,20,22,24). The third-order valence-electron chi connectivity index (χ3n) is 3.78. The van der Waals surface area contributed by atoms with E-state index in [1.165, 1.54) is 47.4 Å². The maximum atomic E-state index is 12.4. The first-order valence-electron chi connectivity index (χ1n) is 8.45. The second kappa shape index (κ2) is 9.30. The van der Waals surface area contributed by atoms with Gasteiger partial charge in [-0.25, -0.2) is 4.98 Å². The van der Waals surface area contributed by atoms with Gasteiger partial charge >= 0.3 is 0 Å². The van der Waals surface area contributed by atoms with Crippen LogP contribution in [0.4, 0.5) is 16.5 Å². The molecule has 0 aliphatic heterocycles. The first-order chi connectivity index (χ1) is 13.9. The lowest BCUT2D eigenvalue weighted by atomic mass is 10.2. The highest BCUT2D eigenvalue weighted by atomic mass is 32.2. The SMILES string of the molecule is CC(Sc1cccc(NC(=O)c2ccc([N+](=O)[O-])cc2)c1)C(=O)Nc1nccs1. The van der Waals surface area contributed by atoms with Crippen molar-refractivity contribution in [3.63, 3.8) is 0 Å². The summed E-state index contributed by atoms with van der Waals surface area (Å²) in [6, 6.07) is 12.5. The summed E-state index contributed by atoms with van der Waals surface area (Å²) >= 11 is 2.70. The van der Waals surface area contributed by atoms with Gasteiger partial charge in [-0.1, -0.05) is 6.07 Å². The number of benzene rings is 2. The van der Waals surface area contributed by atoms with E-state index < -0.39 is 4.92 Å². The maximum absolute atomic E-state index is 12.4. The number of aromatic nitrogens is 1. The van der Waals surface area contributed by atoms with Crippen LogP contribution in [0.3, 0.4) is 0 Å². The van der Waals surface area contributed by atoms with Crippen molar-refractivity contribution in [1.82, 2.24) is 4.98 Å². The van der Waals surface area contributed by atoms with E-state index in [-0.39, 0.29) is 22.8 Å². The summed E-state index contributed by atoms with van der Waals surface area (Å²) in [5.41, 5.74) is 0.792. The zero-order valence-electron chi connectivity index (χ0n) is 15.2. The predicted octanol–water partition coefficient (Wildman–Crippen LogP) is 4.42. The highest BCUT2D eigenvalue weighted by molar-refractivity contribution is 8.00. The number of nitrogens with one attached hydrogen (secondary N) is 2. The molecule has 0 radical (unpaired) electrons.